The lowest BCUT2D eigenvalue weighted by molar-refractivity contribution is 0.0152. The molecule has 1 aliphatic heterocycles. The third kappa shape index (κ3) is 6.54. The lowest BCUT2D eigenvalue weighted by atomic mass is 10.0. The van der Waals surface area contributed by atoms with Crippen LogP contribution >= 0.6 is 0 Å². The predicted molar refractivity (Wildman–Crippen MR) is 144 cm³/mol. The van der Waals surface area contributed by atoms with Crippen LogP contribution < -0.4 is 15.6 Å². The van der Waals surface area contributed by atoms with E-state index in [9.17, 15) is 9.18 Å². The highest BCUT2D eigenvalue weighted by Gasteiger charge is 2.32. The van der Waals surface area contributed by atoms with Crippen molar-refractivity contribution < 1.29 is 13.5 Å². The van der Waals surface area contributed by atoms with Crippen LogP contribution in [-0.2, 0) is 6.54 Å². The van der Waals surface area contributed by atoms with Gasteiger partial charge in [0.15, 0.2) is 11.6 Å². The lowest BCUT2D eigenvalue weighted by Crippen LogP contribution is -2.48. The Morgan fingerprint density at radius 2 is 2.11 bits per heavy atom. The number of fused-ring (bicyclic) bond motifs is 1. The van der Waals surface area contributed by atoms with E-state index >= 15 is 4.39 Å². The van der Waals surface area contributed by atoms with Crippen molar-refractivity contribution in [3.05, 3.63) is 59.0 Å². The first kappa shape index (κ1) is 27.2. The molecule has 4 rings (SSSR count). The fourth-order valence-electron chi connectivity index (χ4n) is 5.06. The van der Waals surface area contributed by atoms with Gasteiger partial charge in [0.1, 0.15) is 12.3 Å². The SMILES string of the molecule is CCCCn1cc(-c2ccc(O[C@@H]3CCN(CC(C)CCNC)C[C@H]3F)c(F)c2)c2ccncc2c1=O. The summed E-state index contributed by atoms with van der Waals surface area (Å²) >= 11 is 0. The maximum atomic E-state index is 15.2. The zero-order valence-electron chi connectivity index (χ0n) is 22.1. The molecule has 8 heteroatoms. The van der Waals surface area contributed by atoms with Gasteiger partial charge in [0.05, 0.1) is 5.39 Å². The van der Waals surface area contributed by atoms with Gasteiger partial charge in [-0.2, -0.15) is 0 Å². The van der Waals surface area contributed by atoms with E-state index in [1.807, 2.05) is 7.05 Å². The van der Waals surface area contributed by atoms with E-state index in [4.69, 9.17) is 4.74 Å². The largest absolute Gasteiger partial charge is 0.484 e. The van der Waals surface area contributed by atoms with E-state index in [0.717, 1.165) is 49.8 Å². The summed E-state index contributed by atoms with van der Waals surface area (Å²) in [5.41, 5.74) is 1.29. The van der Waals surface area contributed by atoms with E-state index in [1.165, 1.54) is 6.07 Å². The standard InChI is InChI=1S/C29H38F2N4O2/c1-4-5-13-35-18-24(22-9-12-33-16-23(22)29(35)36)21-6-7-27(25(30)15-21)37-28-10-14-34(19-26(28)31)17-20(2)8-11-32-3/h6-7,9,12,15-16,18,20,26,28,32H,4-5,8,10-11,13-14,17,19H2,1-3H3/t20?,26-,28-/m1/s1. The number of hydrogen-bond donors (Lipinski definition) is 1. The number of likely N-dealkylation sites (tertiary alicyclic amines) is 1. The Morgan fingerprint density at radius 3 is 2.84 bits per heavy atom. The molecule has 200 valence electrons. The molecule has 1 fully saturated rings. The Labute approximate surface area is 217 Å². The third-order valence-corrected chi connectivity index (χ3v) is 7.18. The summed E-state index contributed by atoms with van der Waals surface area (Å²) in [6.45, 7) is 7.66. The van der Waals surface area contributed by atoms with Gasteiger partial charge in [-0.1, -0.05) is 26.3 Å². The molecular formula is C29H38F2N4O2. The minimum atomic E-state index is -1.18. The average molecular weight is 513 g/mol. The van der Waals surface area contributed by atoms with Crippen LogP contribution in [0.1, 0.15) is 39.5 Å². The van der Waals surface area contributed by atoms with Crippen molar-refractivity contribution in [2.75, 3.05) is 33.2 Å². The van der Waals surface area contributed by atoms with Crippen LogP contribution in [0.2, 0.25) is 0 Å². The summed E-state index contributed by atoms with van der Waals surface area (Å²) < 4.78 is 37.7. The highest BCUT2D eigenvalue weighted by atomic mass is 19.1. The van der Waals surface area contributed by atoms with Crippen molar-refractivity contribution in [3.63, 3.8) is 0 Å². The van der Waals surface area contributed by atoms with E-state index in [1.54, 1.807) is 41.4 Å². The molecule has 1 unspecified atom stereocenters. The van der Waals surface area contributed by atoms with Gasteiger partial charge in [-0.3, -0.25) is 14.7 Å². The summed E-state index contributed by atoms with van der Waals surface area (Å²) in [6, 6.07) is 6.52. The summed E-state index contributed by atoms with van der Waals surface area (Å²) in [5, 5.41) is 4.38. The number of nitrogens with one attached hydrogen (secondary N) is 1. The smallest absolute Gasteiger partial charge is 0.260 e. The van der Waals surface area contributed by atoms with Crippen molar-refractivity contribution in [1.29, 1.82) is 0 Å². The van der Waals surface area contributed by atoms with Crippen molar-refractivity contribution >= 4 is 10.8 Å². The number of hydrogen-bond acceptors (Lipinski definition) is 5. The number of aromatic nitrogens is 2. The molecule has 3 aromatic rings. The molecular weight excluding hydrogens is 474 g/mol. The molecule has 37 heavy (non-hydrogen) atoms. The monoisotopic (exact) mass is 512 g/mol. The van der Waals surface area contributed by atoms with Crippen molar-refractivity contribution in [3.8, 4) is 16.9 Å². The first-order valence-corrected chi connectivity index (χ1v) is 13.4. The highest BCUT2D eigenvalue weighted by molar-refractivity contribution is 5.95. The van der Waals surface area contributed by atoms with E-state index in [-0.39, 0.29) is 11.3 Å². The van der Waals surface area contributed by atoms with Crippen LogP contribution in [0.3, 0.4) is 0 Å². The normalized spacial score (nSPS) is 19.3. The van der Waals surface area contributed by atoms with E-state index in [2.05, 4.69) is 29.0 Å². The molecule has 0 bridgehead atoms. The zero-order chi connectivity index (χ0) is 26.4. The Kier molecular flexibility index (Phi) is 9.27. The average Bonchev–Trinajstić information content (AvgIpc) is 2.90. The van der Waals surface area contributed by atoms with Crippen molar-refractivity contribution in [2.45, 2.75) is 58.4 Å². The molecule has 2 aromatic heterocycles. The number of unbranched alkanes of at least 4 members (excludes halogenated alkanes) is 1. The van der Waals surface area contributed by atoms with Gasteiger partial charge in [-0.05, 0) is 67.9 Å². The Morgan fingerprint density at radius 1 is 1.27 bits per heavy atom. The molecule has 1 saturated heterocycles. The molecule has 0 amide bonds. The number of alkyl halides is 1. The first-order chi connectivity index (χ1) is 17.9. The van der Waals surface area contributed by atoms with Gasteiger partial charge in [0.2, 0.25) is 0 Å². The molecule has 1 N–H and O–H groups in total. The Hall–Kier alpha value is -2.84. The van der Waals surface area contributed by atoms with Crippen LogP contribution in [0.4, 0.5) is 8.78 Å². The molecule has 3 heterocycles. The van der Waals surface area contributed by atoms with Crippen LogP contribution in [0, 0.1) is 11.7 Å². The highest BCUT2D eigenvalue weighted by Crippen LogP contribution is 2.31. The van der Waals surface area contributed by atoms with Crippen LogP contribution in [0.25, 0.3) is 21.9 Å². The van der Waals surface area contributed by atoms with Gasteiger partial charge in [0.25, 0.3) is 5.56 Å². The fraction of sp³-hybridized carbons (Fsp3) is 0.517. The Balaban J connectivity index is 1.50. The third-order valence-electron chi connectivity index (χ3n) is 7.18. The van der Waals surface area contributed by atoms with Crippen LogP contribution in [0.5, 0.6) is 5.75 Å². The number of rotatable bonds is 11. The van der Waals surface area contributed by atoms with Gasteiger partial charge in [0, 0.05) is 50.3 Å². The van der Waals surface area contributed by atoms with Crippen molar-refractivity contribution in [1.82, 2.24) is 19.8 Å². The summed E-state index contributed by atoms with van der Waals surface area (Å²) in [7, 11) is 1.93. The number of halogens is 2. The van der Waals surface area contributed by atoms with Gasteiger partial charge in [-0.25, -0.2) is 8.78 Å². The predicted octanol–water partition coefficient (Wildman–Crippen LogP) is 5.04. The second kappa shape index (κ2) is 12.6. The number of ether oxygens (including phenoxy) is 1. The summed E-state index contributed by atoms with van der Waals surface area (Å²) in [5.74, 6) is -0.0100. The zero-order valence-corrected chi connectivity index (χ0v) is 22.1. The second-order valence-electron chi connectivity index (χ2n) is 10.2. The topological polar surface area (TPSA) is 59.4 Å². The molecule has 0 radical (unpaired) electrons. The molecule has 1 aromatic carbocycles. The van der Waals surface area contributed by atoms with Gasteiger partial charge >= 0.3 is 0 Å². The molecule has 0 spiro atoms. The molecule has 3 atom stereocenters. The summed E-state index contributed by atoms with van der Waals surface area (Å²) in [6.07, 6.45) is 6.51. The number of aryl methyl sites for hydroxylation is 1. The second-order valence-corrected chi connectivity index (χ2v) is 10.2. The minimum absolute atomic E-state index is 0.0533. The Bertz CT molecular complexity index is 1250. The number of piperidine rings is 1. The van der Waals surface area contributed by atoms with Gasteiger partial charge in [-0.15, -0.1) is 0 Å². The quantitative estimate of drug-likeness (QED) is 0.390. The number of nitrogens with zero attached hydrogens (tertiary/aromatic N) is 3. The van der Waals surface area contributed by atoms with Crippen LogP contribution in [0.15, 0.2) is 47.7 Å². The van der Waals surface area contributed by atoms with Crippen molar-refractivity contribution in [2.24, 2.45) is 5.92 Å². The molecule has 1 aliphatic rings. The lowest BCUT2D eigenvalue weighted by Gasteiger charge is -2.36. The van der Waals surface area contributed by atoms with Crippen LogP contribution in [-0.4, -0.2) is 60.0 Å². The maximum Gasteiger partial charge on any atom is 0.260 e. The van der Waals surface area contributed by atoms with E-state index in [0.29, 0.717) is 36.4 Å². The van der Waals surface area contributed by atoms with Gasteiger partial charge < -0.3 is 14.6 Å². The molecule has 0 aliphatic carbocycles. The number of benzene rings is 1. The minimum Gasteiger partial charge on any atom is -0.484 e. The van der Waals surface area contributed by atoms with E-state index < -0.39 is 18.1 Å². The first-order valence-electron chi connectivity index (χ1n) is 13.4. The fourth-order valence-corrected chi connectivity index (χ4v) is 5.06. The molecule has 0 saturated carbocycles. The maximum absolute atomic E-state index is 15.2. The number of pyridine rings is 2. The molecule has 6 nitrogen and oxygen atoms in total. The summed E-state index contributed by atoms with van der Waals surface area (Å²) in [4.78, 5) is 19.2.